The Kier molecular flexibility index (Phi) is 8.17. The Morgan fingerprint density at radius 2 is 1.71 bits per heavy atom. The van der Waals surface area contributed by atoms with Crippen LogP contribution >= 0.6 is 12.4 Å². The molecule has 0 unspecified atom stereocenters. The van der Waals surface area contributed by atoms with Crippen molar-refractivity contribution in [2.75, 3.05) is 13.1 Å². The van der Waals surface area contributed by atoms with Gasteiger partial charge in [0, 0.05) is 13.1 Å². The Hall–Kier alpha value is -2.70. The predicted octanol–water partition coefficient (Wildman–Crippen LogP) is 2.92. The first-order chi connectivity index (χ1) is 13.2. The summed E-state index contributed by atoms with van der Waals surface area (Å²) < 4.78 is 1.77. The number of aromatic nitrogens is 3. The molecule has 3 rings (SSSR count). The minimum absolute atomic E-state index is 0. The van der Waals surface area contributed by atoms with Gasteiger partial charge in [0.05, 0.1) is 23.5 Å². The van der Waals surface area contributed by atoms with Gasteiger partial charge in [0.1, 0.15) is 0 Å². The zero-order chi connectivity index (χ0) is 19.1. The summed E-state index contributed by atoms with van der Waals surface area (Å²) in [7, 11) is 0. The molecular weight excluding hydrogens is 374 g/mol. The number of nitrogens with zero attached hydrogens (tertiary/aromatic N) is 4. The molecule has 0 saturated heterocycles. The Morgan fingerprint density at radius 1 is 1.07 bits per heavy atom. The van der Waals surface area contributed by atoms with Crippen LogP contribution in [0, 0.1) is 6.92 Å². The maximum absolute atomic E-state index is 12.9. The Balaban J connectivity index is 0.00000280. The second kappa shape index (κ2) is 10.6. The van der Waals surface area contributed by atoms with Crippen molar-refractivity contribution in [3.05, 3.63) is 77.6 Å². The second-order valence-electron chi connectivity index (χ2n) is 6.49. The SMILES string of the molecule is Cc1c(CC(=O)N(CCCN)Cc2ccccc2)nnn1-c1ccccc1.Cl. The molecule has 6 nitrogen and oxygen atoms in total. The van der Waals surface area contributed by atoms with Crippen molar-refractivity contribution in [1.82, 2.24) is 19.9 Å². The summed E-state index contributed by atoms with van der Waals surface area (Å²) in [5.41, 5.74) is 9.28. The largest absolute Gasteiger partial charge is 0.338 e. The lowest BCUT2D eigenvalue weighted by molar-refractivity contribution is -0.131. The van der Waals surface area contributed by atoms with E-state index in [-0.39, 0.29) is 24.7 Å². The highest BCUT2D eigenvalue weighted by Crippen LogP contribution is 2.14. The molecule has 0 atom stereocenters. The monoisotopic (exact) mass is 399 g/mol. The van der Waals surface area contributed by atoms with Crippen LogP contribution < -0.4 is 5.73 Å². The minimum atomic E-state index is 0. The maximum Gasteiger partial charge on any atom is 0.229 e. The van der Waals surface area contributed by atoms with E-state index in [2.05, 4.69) is 10.3 Å². The van der Waals surface area contributed by atoms with Gasteiger partial charge in [-0.15, -0.1) is 17.5 Å². The van der Waals surface area contributed by atoms with E-state index < -0.39 is 0 Å². The van der Waals surface area contributed by atoms with E-state index in [9.17, 15) is 4.79 Å². The molecule has 2 N–H and O–H groups in total. The first-order valence-corrected chi connectivity index (χ1v) is 9.17. The highest BCUT2D eigenvalue weighted by Gasteiger charge is 2.19. The van der Waals surface area contributed by atoms with Gasteiger partial charge < -0.3 is 10.6 Å². The Labute approximate surface area is 171 Å². The quantitative estimate of drug-likeness (QED) is 0.631. The summed E-state index contributed by atoms with van der Waals surface area (Å²) in [6.07, 6.45) is 1.00. The molecule has 0 saturated carbocycles. The fourth-order valence-electron chi connectivity index (χ4n) is 2.97. The average Bonchev–Trinajstić information content (AvgIpc) is 3.07. The third kappa shape index (κ3) is 5.41. The van der Waals surface area contributed by atoms with Crippen molar-refractivity contribution in [3.8, 4) is 5.69 Å². The summed E-state index contributed by atoms with van der Waals surface area (Å²) in [6, 6.07) is 19.8. The molecular formula is C21H26ClN5O. The van der Waals surface area contributed by atoms with E-state index in [1.165, 1.54) is 0 Å². The van der Waals surface area contributed by atoms with Crippen LogP contribution in [0.3, 0.4) is 0 Å². The van der Waals surface area contributed by atoms with E-state index >= 15 is 0 Å². The molecule has 0 radical (unpaired) electrons. The number of nitrogens with two attached hydrogens (primary N) is 1. The van der Waals surface area contributed by atoms with Gasteiger partial charge >= 0.3 is 0 Å². The number of benzene rings is 2. The summed E-state index contributed by atoms with van der Waals surface area (Å²) in [6.45, 7) is 3.71. The van der Waals surface area contributed by atoms with Crippen LogP contribution in [-0.2, 0) is 17.8 Å². The van der Waals surface area contributed by atoms with Gasteiger partial charge in [0.25, 0.3) is 0 Å². The number of halogens is 1. The average molecular weight is 400 g/mol. The molecule has 0 aliphatic heterocycles. The van der Waals surface area contributed by atoms with Gasteiger partial charge in [0.2, 0.25) is 5.91 Å². The van der Waals surface area contributed by atoms with Crippen molar-refractivity contribution >= 4 is 18.3 Å². The van der Waals surface area contributed by atoms with Crippen molar-refractivity contribution in [3.63, 3.8) is 0 Å². The zero-order valence-electron chi connectivity index (χ0n) is 16.0. The number of carbonyl (C=O) groups excluding carboxylic acids is 1. The van der Waals surface area contributed by atoms with Crippen LogP contribution in [0.2, 0.25) is 0 Å². The molecule has 28 heavy (non-hydrogen) atoms. The normalized spacial score (nSPS) is 10.4. The predicted molar refractivity (Wildman–Crippen MR) is 113 cm³/mol. The molecule has 0 aliphatic carbocycles. The molecule has 0 aliphatic rings. The fraction of sp³-hybridized carbons (Fsp3) is 0.286. The van der Waals surface area contributed by atoms with E-state index in [0.717, 1.165) is 23.4 Å². The van der Waals surface area contributed by atoms with Crippen molar-refractivity contribution < 1.29 is 4.79 Å². The van der Waals surface area contributed by atoms with Crippen molar-refractivity contribution in [2.24, 2.45) is 5.73 Å². The molecule has 2 aromatic carbocycles. The topological polar surface area (TPSA) is 77.0 Å². The molecule has 0 spiro atoms. The first kappa shape index (κ1) is 21.6. The summed E-state index contributed by atoms with van der Waals surface area (Å²) in [4.78, 5) is 14.8. The maximum atomic E-state index is 12.9. The summed E-state index contributed by atoms with van der Waals surface area (Å²) in [5, 5.41) is 8.46. The van der Waals surface area contributed by atoms with E-state index in [1.807, 2.05) is 72.5 Å². The standard InChI is InChI=1S/C21H25N5O.ClH/c1-17-20(23-24-26(17)19-11-6-3-7-12-19)15-21(27)25(14-8-13-22)16-18-9-4-2-5-10-18;/h2-7,9-12H,8,13-16,22H2,1H3;1H. The first-order valence-electron chi connectivity index (χ1n) is 9.17. The molecule has 1 heterocycles. The summed E-state index contributed by atoms with van der Waals surface area (Å²) in [5.74, 6) is 0.0375. The summed E-state index contributed by atoms with van der Waals surface area (Å²) >= 11 is 0. The highest BCUT2D eigenvalue weighted by molar-refractivity contribution is 5.85. The van der Waals surface area contributed by atoms with Gasteiger partial charge in [-0.05, 0) is 37.6 Å². The van der Waals surface area contributed by atoms with E-state index in [1.54, 1.807) is 4.68 Å². The molecule has 0 bridgehead atoms. The van der Waals surface area contributed by atoms with Crippen molar-refractivity contribution in [1.29, 1.82) is 0 Å². The van der Waals surface area contributed by atoms with Gasteiger partial charge in [-0.3, -0.25) is 4.79 Å². The molecule has 3 aromatic rings. The zero-order valence-corrected chi connectivity index (χ0v) is 16.8. The van der Waals surface area contributed by atoms with E-state index in [4.69, 9.17) is 5.73 Å². The number of hydrogen-bond acceptors (Lipinski definition) is 4. The lowest BCUT2D eigenvalue weighted by atomic mass is 10.1. The molecule has 1 amide bonds. The van der Waals surface area contributed by atoms with Crippen LogP contribution in [0.5, 0.6) is 0 Å². The number of amides is 1. The van der Waals surface area contributed by atoms with Crippen LogP contribution in [-0.4, -0.2) is 38.9 Å². The van der Waals surface area contributed by atoms with E-state index in [0.29, 0.717) is 25.3 Å². The van der Waals surface area contributed by atoms with Gasteiger partial charge in [0.15, 0.2) is 0 Å². The van der Waals surface area contributed by atoms with Gasteiger partial charge in [-0.2, -0.15) is 0 Å². The van der Waals surface area contributed by atoms with Gasteiger partial charge in [-0.25, -0.2) is 4.68 Å². The lowest BCUT2D eigenvalue weighted by Gasteiger charge is -2.22. The second-order valence-corrected chi connectivity index (χ2v) is 6.49. The smallest absolute Gasteiger partial charge is 0.229 e. The third-order valence-corrected chi connectivity index (χ3v) is 4.51. The minimum Gasteiger partial charge on any atom is -0.338 e. The van der Waals surface area contributed by atoms with Crippen molar-refractivity contribution in [2.45, 2.75) is 26.3 Å². The molecule has 1 aromatic heterocycles. The number of rotatable bonds is 8. The lowest BCUT2D eigenvalue weighted by Crippen LogP contribution is -2.34. The number of carbonyl (C=O) groups is 1. The highest BCUT2D eigenvalue weighted by atomic mass is 35.5. The third-order valence-electron chi connectivity index (χ3n) is 4.51. The Bertz CT molecular complexity index is 867. The molecule has 0 fully saturated rings. The van der Waals surface area contributed by atoms with Crippen LogP contribution in [0.1, 0.15) is 23.4 Å². The van der Waals surface area contributed by atoms with Crippen LogP contribution in [0.15, 0.2) is 60.7 Å². The van der Waals surface area contributed by atoms with Crippen LogP contribution in [0.25, 0.3) is 5.69 Å². The molecule has 7 heteroatoms. The van der Waals surface area contributed by atoms with Gasteiger partial charge in [-0.1, -0.05) is 53.7 Å². The van der Waals surface area contributed by atoms with Crippen LogP contribution in [0.4, 0.5) is 0 Å². The Morgan fingerprint density at radius 3 is 2.36 bits per heavy atom. The molecule has 148 valence electrons. The number of para-hydroxylation sites is 1. The number of hydrogen-bond donors (Lipinski definition) is 1. The fourth-order valence-corrected chi connectivity index (χ4v) is 2.97.